The van der Waals surface area contributed by atoms with Gasteiger partial charge in [0.15, 0.2) is 0 Å². The third-order valence-corrected chi connectivity index (χ3v) is 4.49. The fourth-order valence-corrected chi connectivity index (χ4v) is 3.13. The number of amides is 3. The lowest BCUT2D eigenvalue weighted by atomic mass is 10.1. The average molecular weight is 337 g/mol. The third kappa shape index (κ3) is 3.99. The molecule has 5 nitrogen and oxygen atoms in total. The first kappa shape index (κ1) is 17.0. The average Bonchev–Trinajstić information content (AvgIpc) is 3.07. The lowest BCUT2D eigenvalue weighted by Crippen LogP contribution is -2.45. The van der Waals surface area contributed by atoms with Crippen molar-refractivity contribution >= 4 is 23.3 Å². The topological polar surface area (TPSA) is 61.4 Å². The summed E-state index contributed by atoms with van der Waals surface area (Å²) in [5.74, 6) is -0.133. The summed E-state index contributed by atoms with van der Waals surface area (Å²) in [6, 6.07) is 14.6. The minimum absolute atomic E-state index is 0.133. The molecule has 0 aromatic heterocycles. The fraction of sp³-hybridized carbons (Fsp3) is 0.300. The molecule has 1 atom stereocenters. The van der Waals surface area contributed by atoms with E-state index in [0.717, 1.165) is 28.9 Å². The van der Waals surface area contributed by atoms with Gasteiger partial charge in [0.2, 0.25) is 5.91 Å². The number of likely N-dealkylation sites (tertiary alicyclic amines) is 1. The van der Waals surface area contributed by atoms with Crippen LogP contribution in [0.2, 0.25) is 0 Å². The molecule has 3 rings (SSSR count). The highest BCUT2D eigenvalue weighted by Gasteiger charge is 2.34. The first-order valence-corrected chi connectivity index (χ1v) is 8.55. The molecular formula is C20H23N3O2. The van der Waals surface area contributed by atoms with Crippen LogP contribution in [0.5, 0.6) is 0 Å². The van der Waals surface area contributed by atoms with Crippen molar-refractivity contribution in [2.45, 2.75) is 32.7 Å². The Labute approximate surface area is 148 Å². The molecule has 5 heteroatoms. The molecule has 130 valence electrons. The van der Waals surface area contributed by atoms with Crippen LogP contribution in [0.4, 0.5) is 16.2 Å². The van der Waals surface area contributed by atoms with Crippen LogP contribution in [0.25, 0.3) is 0 Å². The van der Waals surface area contributed by atoms with Gasteiger partial charge in [-0.25, -0.2) is 4.79 Å². The van der Waals surface area contributed by atoms with E-state index in [1.807, 2.05) is 62.4 Å². The second kappa shape index (κ2) is 7.38. The second-order valence-corrected chi connectivity index (χ2v) is 6.46. The molecule has 1 saturated heterocycles. The van der Waals surface area contributed by atoms with Gasteiger partial charge in [0, 0.05) is 17.9 Å². The Kier molecular flexibility index (Phi) is 5.03. The predicted molar refractivity (Wildman–Crippen MR) is 99.7 cm³/mol. The van der Waals surface area contributed by atoms with E-state index in [4.69, 9.17) is 0 Å². The number of carbonyl (C=O) groups is 2. The fourth-order valence-electron chi connectivity index (χ4n) is 3.13. The highest BCUT2D eigenvalue weighted by Crippen LogP contribution is 2.22. The molecule has 1 aliphatic rings. The lowest BCUT2D eigenvalue weighted by Gasteiger charge is -2.24. The monoisotopic (exact) mass is 337 g/mol. The van der Waals surface area contributed by atoms with Crippen molar-refractivity contribution in [3.05, 3.63) is 59.7 Å². The second-order valence-electron chi connectivity index (χ2n) is 6.46. The van der Waals surface area contributed by atoms with Gasteiger partial charge in [0.05, 0.1) is 0 Å². The summed E-state index contributed by atoms with van der Waals surface area (Å²) >= 11 is 0. The number of aryl methyl sites for hydroxylation is 2. The summed E-state index contributed by atoms with van der Waals surface area (Å²) in [7, 11) is 0. The van der Waals surface area contributed by atoms with Crippen LogP contribution in [0, 0.1) is 13.8 Å². The Bertz CT molecular complexity index is 788. The summed E-state index contributed by atoms with van der Waals surface area (Å²) in [4.78, 5) is 26.9. The van der Waals surface area contributed by atoms with Gasteiger partial charge in [-0.3, -0.25) is 4.79 Å². The maximum absolute atomic E-state index is 12.7. The smallest absolute Gasteiger partial charge is 0.322 e. The first-order chi connectivity index (χ1) is 12.0. The van der Waals surface area contributed by atoms with Gasteiger partial charge < -0.3 is 15.5 Å². The van der Waals surface area contributed by atoms with Crippen LogP contribution in [-0.2, 0) is 4.79 Å². The van der Waals surface area contributed by atoms with Crippen LogP contribution >= 0.6 is 0 Å². The number of hydrogen-bond donors (Lipinski definition) is 2. The molecule has 1 fully saturated rings. The maximum Gasteiger partial charge on any atom is 0.322 e. The van der Waals surface area contributed by atoms with E-state index < -0.39 is 6.04 Å². The summed E-state index contributed by atoms with van der Waals surface area (Å²) in [6.45, 7) is 4.51. The van der Waals surface area contributed by atoms with Gasteiger partial charge >= 0.3 is 6.03 Å². The number of rotatable bonds is 3. The molecule has 0 bridgehead atoms. The van der Waals surface area contributed by atoms with E-state index in [0.29, 0.717) is 13.0 Å². The van der Waals surface area contributed by atoms with Crippen molar-refractivity contribution in [2.24, 2.45) is 0 Å². The van der Waals surface area contributed by atoms with Crippen molar-refractivity contribution < 1.29 is 9.59 Å². The van der Waals surface area contributed by atoms with Crippen molar-refractivity contribution in [3.63, 3.8) is 0 Å². The third-order valence-electron chi connectivity index (χ3n) is 4.49. The molecule has 1 unspecified atom stereocenters. The molecule has 1 heterocycles. The summed E-state index contributed by atoms with van der Waals surface area (Å²) in [5.41, 5.74) is 3.62. The van der Waals surface area contributed by atoms with Gasteiger partial charge in [0.25, 0.3) is 0 Å². The molecule has 2 aromatic rings. The Balaban J connectivity index is 1.68. The lowest BCUT2D eigenvalue weighted by molar-refractivity contribution is -0.119. The largest absolute Gasteiger partial charge is 0.324 e. The van der Waals surface area contributed by atoms with Crippen molar-refractivity contribution in [2.75, 3.05) is 17.2 Å². The molecular weight excluding hydrogens is 314 g/mol. The Morgan fingerprint density at radius 1 is 1.04 bits per heavy atom. The predicted octanol–water partition coefficient (Wildman–Crippen LogP) is 3.94. The van der Waals surface area contributed by atoms with Crippen LogP contribution < -0.4 is 10.6 Å². The van der Waals surface area contributed by atoms with E-state index >= 15 is 0 Å². The van der Waals surface area contributed by atoms with Crippen LogP contribution in [-0.4, -0.2) is 29.4 Å². The van der Waals surface area contributed by atoms with Crippen LogP contribution in [0.1, 0.15) is 24.0 Å². The minimum Gasteiger partial charge on any atom is -0.324 e. The number of anilines is 2. The van der Waals surface area contributed by atoms with Gasteiger partial charge in [-0.05, 0) is 56.0 Å². The normalized spacial score (nSPS) is 16.6. The summed E-state index contributed by atoms with van der Waals surface area (Å²) < 4.78 is 0. The molecule has 0 spiro atoms. The molecule has 1 aliphatic heterocycles. The SMILES string of the molecule is Cc1cccc(NC(=O)N2CCCC2C(=O)Nc2ccccc2C)c1. The number of nitrogens with zero attached hydrogens (tertiary/aromatic N) is 1. The van der Waals surface area contributed by atoms with Gasteiger partial charge in [0.1, 0.15) is 6.04 Å². The number of urea groups is 1. The van der Waals surface area contributed by atoms with E-state index in [2.05, 4.69) is 10.6 Å². The van der Waals surface area contributed by atoms with Gasteiger partial charge in [-0.1, -0.05) is 30.3 Å². The number of hydrogen-bond acceptors (Lipinski definition) is 2. The Morgan fingerprint density at radius 2 is 1.84 bits per heavy atom. The Hall–Kier alpha value is -2.82. The highest BCUT2D eigenvalue weighted by atomic mass is 16.2. The quantitative estimate of drug-likeness (QED) is 0.891. The maximum atomic E-state index is 12.7. The molecule has 25 heavy (non-hydrogen) atoms. The molecule has 0 saturated carbocycles. The zero-order valence-electron chi connectivity index (χ0n) is 14.6. The number of nitrogens with one attached hydrogen (secondary N) is 2. The zero-order chi connectivity index (χ0) is 17.8. The van der Waals surface area contributed by atoms with E-state index in [9.17, 15) is 9.59 Å². The van der Waals surface area contributed by atoms with Gasteiger partial charge in [-0.2, -0.15) is 0 Å². The Morgan fingerprint density at radius 3 is 2.60 bits per heavy atom. The number of para-hydroxylation sites is 1. The molecule has 3 amide bonds. The van der Waals surface area contributed by atoms with E-state index in [1.165, 1.54) is 0 Å². The van der Waals surface area contributed by atoms with Crippen molar-refractivity contribution in [1.82, 2.24) is 4.90 Å². The summed E-state index contributed by atoms with van der Waals surface area (Å²) in [6.07, 6.45) is 1.51. The molecule has 2 N–H and O–H groups in total. The number of carbonyl (C=O) groups excluding carboxylic acids is 2. The van der Waals surface area contributed by atoms with Crippen molar-refractivity contribution in [3.8, 4) is 0 Å². The first-order valence-electron chi connectivity index (χ1n) is 8.55. The van der Waals surface area contributed by atoms with E-state index in [-0.39, 0.29) is 11.9 Å². The number of benzene rings is 2. The highest BCUT2D eigenvalue weighted by molar-refractivity contribution is 6.00. The molecule has 0 radical (unpaired) electrons. The minimum atomic E-state index is -0.440. The van der Waals surface area contributed by atoms with Crippen LogP contribution in [0.15, 0.2) is 48.5 Å². The van der Waals surface area contributed by atoms with E-state index in [1.54, 1.807) is 4.90 Å². The van der Waals surface area contributed by atoms with Crippen LogP contribution in [0.3, 0.4) is 0 Å². The standard InChI is InChI=1S/C20H23N3O2/c1-14-7-5-9-16(13-14)21-20(25)23-12-6-11-18(23)19(24)22-17-10-4-3-8-15(17)2/h3-5,7-10,13,18H,6,11-12H2,1-2H3,(H,21,25)(H,22,24). The summed E-state index contributed by atoms with van der Waals surface area (Å²) in [5, 5.41) is 5.84. The molecule has 2 aromatic carbocycles. The zero-order valence-corrected chi connectivity index (χ0v) is 14.6. The molecule has 0 aliphatic carbocycles. The van der Waals surface area contributed by atoms with Gasteiger partial charge in [-0.15, -0.1) is 0 Å². The van der Waals surface area contributed by atoms with Crippen molar-refractivity contribution in [1.29, 1.82) is 0 Å².